The molecule has 0 bridgehead atoms. The molecule has 3 aromatic rings. The third kappa shape index (κ3) is 11.3. The molecule has 0 saturated carbocycles. The van der Waals surface area contributed by atoms with Crippen molar-refractivity contribution in [2.24, 2.45) is 5.41 Å². The van der Waals surface area contributed by atoms with E-state index in [-0.39, 0.29) is 57.8 Å². The highest BCUT2D eigenvalue weighted by Gasteiger charge is 2.61. The van der Waals surface area contributed by atoms with Gasteiger partial charge in [0.05, 0.1) is 53.3 Å². The number of halogens is 4. The van der Waals surface area contributed by atoms with Gasteiger partial charge in [-0.1, -0.05) is 62.2 Å². The van der Waals surface area contributed by atoms with E-state index in [1.54, 1.807) is 41.5 Å². The summed E-state index contributed by atoms with van der Waals surface area (Å²) in [7, 11) is -2.71. The lowest BCUT2D eigenvalue weighted by Crippen LogP contribution is -2.45. The number of methoxy groups -OCH3 is 1. The lowest BCUT2D eigenvalue weighted by Gasteiger charge is -2.37. The molecule has 4 unspecified atom stereocenters. The van der Waals surface area contributed by atoms with E-state index in [2.05, 4.69) is 16.7 Å². The molecule has 0 aromatic heterocycles. The van der Waals surface area contributed by atoms with Crippen molar-refractivity contribution in [1.82, 2.24) is 5.32 Å². The van der Waals surface area contributed by atoms with Gasteiger partial charge >= 0.3 is 13.8 Å². The number of ether oxygens (including phenoxy) is 2. The molecule has 0 aliphatic carbocycles. The maximum atomic E-state index is 16.1. The van der Waals surface area contributed by atoms with Gasteiger partial charge in [-0.15, -0.1) is 0 Å². The number of amides is 1. The first kappa shape index (κ1) is 46.1. The molecule has 1 saturated heterocycles. The molecule has 310 valence electrons. The fourth-order valence-electron chi connectivity index (χ4n) is 6.80. The second kappa shape index (κ2) is 17.7. The van der Waals surface area contributed by atoms with Crippen LogP contribution in [-0.2, 0) is 33.1 Å². The first-order valence-corrected chi connectivity index (χ1v) is 20.4. The molecule has 2 N–H and O–H groups in total. The van der Waals surface area contributed by atoms with E-state index in [0.717, 1.165) is 6.07 Å². The second-order valence-electron chi connectivity index (χ2n) is 16.9. The van der Waals surface area contributed by atoms with Gasteiger partial charge in [0.2, 0.25) is 5.91 Å². The summed E-state index contributed by atoms with van der Waals surface area (Å²) in [5.74, 6) is -4.35. The number of nitrogens with one attached hydrogen (secondary N) is 2. The van der Waals surface area contributed by atoms with Crippen molar-refractivity contribution in [2.45, 2.75) is 103 Å². The molecule has 0 spiro atoms. The highest BCUT2D eigenvalue weighted by molar-refractivity contribution is 7.48. The quantitative estimate of drug-likeness (QED) is 0.0968. The maximum Gasteiger partial charge on any atom is 0.475 e. The monoisotopic (exact) mass is 851 g/mol. The number of nitriles is 1. The minimum absolute atomic E-state index is 0.0507. The normalized spacial score (nSPS) is 20.2. The van der Waals surface area contributed by atoms with Crippen LogP contribution in [-0.4, -0.2) is 55.5 Å². The molecule has 4 atom stereocenters. The van der Waals surface area contributed by atoms with Gasteiger partial charge in [-0.25, -0.2) is 18.1 Å². The van der Waals surface area contributed by atoms with E-state index < -0.39 is 71.4 Å². The number of carbonyl (C=O) groups excluding carboxylic acids is 2. The average Bonchev–Trinajstić information content (AvgIpc) is 3.39. The summed E-state index contributed by atoms with van der Waals surface area (Å²) >= 11 is 12.4. The van der Waals surface area contributed by atoms with Crippen molar-refractivity contribution in [3.63, 3.8) is 0 Å². The molecule has 0 radical (unpaired) electrons. The second-order valence-corrected chi connectivity index (χ2v) is 19.3. The van der Waals surface area contributed by atoms with Crippen molar-refractivity contribution in [1.29, 1.82) is 5.26 Å². The molecule has 3 aromatic carbocycles. The van der Waals surface area contributed by atoms with Gasteiger partial charge in [0.1, 0.15) is 29.4 Å². The summed E-state index contributed by atoms with van der Waals surface area (Å²) in [6, 6.07) is 12.5. The third-order valence-corrected chi connectivity index (χ3v) is 11.3. The Kier molecular flexibility index (Phi) is 14.3. The summed E-state index contributed by atoms with van der Waals surface area (Å²) < 4.78 is 72.8. The Morgan fingerprint density at radius 3 is 2.16 bits per heavy atom. The van der Waals surface area contributed by atoms with Crippen molar-refractivity contribution >= 4 is 48.6 Å². The van der Waals surface area contributed by atoms with E-state index in [0.29, 0.717) is 0 Å². The van der Waals surface area contributed by atoms with E-state index in [9.17, 15) is 19.4 Å². The van der Waals surface area contributed by atoms with Crippen LogP contribution in [0.1, 0.15) is 96.1 Å². The van der Waals surface area contributed by atoms with E-state index in [1.165, 1.54) is 55.6 Å². The summed E-state index contributed by atoms with van der Waals surface area (Å²) in [6.07, 6.45) is 0.279. The number of esters is 1. The molecule has 1 aliphatic heterocycles. The molecule has 4 rings (SSSR count). The van der Waals surface area contributed by atoms with Crippen molar-refractivity contribution in [3.05, 3.63) is 93.0 Å². The number of hydrogen-bond acceptors (Lipinski definition) is 10. The lowest BCUT2D eigenvalue weighted by molar-refractivity contribution is -0.118. The molecule has 1 fully saturated rings. The zero-order valence-corrected chi connectivity index (χ0v) is 36.1. The van der Waals surface area contributed by atoms with Crippen LogP contribution in [0.25, 0.3) is 0 Å². The Hall–Kier alpha value is -3.60. The smallest absolute Gasteiger partial charge is 0.475 e. The summed E-state index contributed by atoms with van der Waals surface area (Å²) in [4.78, 5) is 27.5. The molecule has 16 heteroatoms. The number of hydrogen-bond donors (Lipinski definition) is 2. The van der Waals surface area contributed by atoms with Gasteiger partial charge in [-0.3, -0.25) is 18.4 Å². The van der Waals surface area contributed by atoms with Crippen LogP contribution in [0.3, 0.4) is 0 Å². The van der Waals surface area contributed by atoms with Crippen LogP contribution in [0.5, 0.6) is 5.75 Å². The van der Waals surface area contributed by atoms with E-state index in [1.807, 2.05) is 20.8 Å². The number of nitrogens with zero attached hydrogens (tertiary/aromatic N) is 1. The molecular formula is C41H50Cl2F2N3O8P. The van der Waals surface area contributed by atoms with Gasteiger partial charge in [0.15, 0.2) is 0 Å². The molecular weight excluding hydrogens is 802 g/mol. The Labute approximate surface area is 343 Å². The molecule has 1 aliphatic rings. The zero-order valence-electron chi connectivity index (χ0n) is 33.7. The zero-order chi connectivity index (χ0) is 42.7. The van der Waals surface area contributed by atoms with Gasteiger partial charge < -0.3 is 20.1 Å². The van der Waals surface area contributed by atoms with E-state index >= 15 is 8.78 Å². The lowest BCUT2D eigenvalue weighted by atomic mass is 9.62. The van der Waals surface area contributed by atoms with Crippen LogP contribution in [0.2, 0.25) is 10.0 Å². The topological polar surface area (TPSA) is 145 Å². The predicted octanol–water partition coefficient (Wildman–Crippen LogP) is 10.2. The van der Waals surface area contributed by atoms with Gasteiger partial charge in [-0.05, 0) is 95.3 Å². The van der Waals surface area contributed by atoms with Crippen molar-refractivity contribution < 1.29 is 46.0 Å². The standard InChI is InChI=1S/C41H50Cl2F2N3O8P/c1-38(2,3)22-32-41(23-46,27-16-15-25(42)21-29(27)44)33(26-12-11-13-28(43)34(26)45)35(48-32)36(49)47-30-17-14-24(20-31(30)52-10)37(50)53-18-19-54-57(51,55-39(4,5)6)56-40(7,8)9/h11-17,20-21,32-33,35,48H,18-19,22H2,1-10H3,(H,47,49). The van der Waals surface area contributed by atoms with Crippen LogP contribution in [0.4, 0.5) is 14.5 Å². The van der Waals surface area contributed by atoms with Gasteiger partial charge in [0, 0.05) is 22.5 Å². The number of benzene rings is 3. The average molecular weight is 853 g/mol. The van der Waals surface area contributed by atoms with Crippen LogP contribution in [0, 0.1) is 28.4 Å². The summed E-state index contributed by atoms with van der Waals surface area (Å²) in [5.41, 5.74) is -3.92. The fourth-order valence-corrected chi connectivity index (χ4v) is 8.92. The van der Waals surface area contributed by atoms with E-state index in [4.69, 9.17) is 46.2 Å². The van der Waals surface area contributed by atoms with Gasteiger partial charge in [-0.2, -0.15) is 5.26 Å². The Morgan fingerprint density at radius 1 is 0.947 bits per heavy atom. The minimum atomic E-state index is -4.04. The number of phosphoric acid groups is 1. The first-order chi connectivity index (χ1) is 26.3. The SMILES string of the molecule is COc1cc(C(=O)OCCOP(=O)(OC(C)(C)C)OC(C)(C)C)ccc1NC(=O)C1NC(CC(C)(C)C)C(C#N)(c2ccc(Cl)cc2F)C1c1cccc(Cl)c1F. The third-order valence-electron chi connectivity index (χ3n) is 8.76. The largest absolute Gasteiger partial charge is 0.495 e. The molecule has 11 nitrogen and oxygen atoms in total. The van der Waals surface area contributed by atoms with Gasteiger partial charge in [0.25, 0.3) is 0 Å². The first-order valence-electron chi connectivity index (χ1n) is 18.2. The van der Waals surface area contributed by atoms with Crippen LogP contribution in [0.15, 0.2) is 54.6 Å². The maximum absolute atomic E-state index is 16.1. The highest BCUT2D eigenvalue weighted by atomic mass is 35.5. The Balaban J connectivity index is 1.65. The number of rotatable bonds is 13. The minimum Gasteiger partial charge on any atom is -0.495 e. The molecule has 57 heavy (non-hydrogen) atoms. The van der Waals surface area contributed by atoms with Crippen molar-refractivity contribution in [3.8, 4) is 11.8 Å². The number of phosphoric ester groups is 1. The summed E-state index contributed by atoms with van der Waals surface area (Å²) in [5, 5.41) is 17.0. The number of anilines is 1. The molecule has 1 heterocycles. The predicted molar refractivity (Wildman–Crippen MR) is 215 cm³/mol. The number of carbonyl (C=O) groups is 2. The Morgan fingerprint density at radius 2 is 1.60 bits per heavy atom. The fraction of sp³-hybridized carbons (Fsp3) is 0.488. The summed E-state index contributed by atoms with van der Waals surface area (Å²) in [6.45, 7) is 15.4. The van der Waals surface area contributed by atoms with Crippen molar-refractivity contribution in [2.75, 3.05) is 25.6 Å². The van der Waals surface area contributed by atoms with Crippen LogP contribution >= 0.6 is 31.0 Å². The van der Waals surface area contributed by atoms with Crippen LogP contribution < -0.4 is 15.4 Å². The Bertz CT molecular complexity index is 2040. The highest BCUT2D eigenvalue weighted by Crippen LogP contribution is 2.56. The molecule has 1 amide bonds.